The molecule has 1 saturated heterocycles. The Morgan fingerprint density at radius 2 is 1.69 bits per heavy atom. The van der Waals surface area contributed by atoms with E-state index in [9.17, 15) is 0 Å². The second-order valence-electron chi connectivity index (χ2n) is 5.19. The summed E-state index contributed by atoms with van der Waals surface area (Å²) in [5, 5.41) is 8.44. The van der Waals surface area contributed by atoms with Crippen molar-refractivity contribution in [2.75, 3.05) is 6.54 Å². The standard InChI is InChI=1S/C14H26N2/c1-13-9-8-10-14(2)16(13)12-7-5-3-4-6-11-15/h13-14H,3-10,12H2,1-2H3/t13-,14+. The van der Waals surface area contributed by atoms with E-state index in [2.05, 4.69) is 24.8 Å². The normalized spacial score (nSPS) is 26.6. The molecule has 2 atom stereocenters. The van der Waals surface area contributed by atoms with Gasteiger partial charge in [0.2, 0.25) is 0 Å². The van der Waals surface area contributed by atoms with Crippen LogP contribution in [0.4, 0.5) is 0 Å². The highest BCUT2D eigenvalue weighted by molar-refractivity contribution is 4.79. The monoisotopic (exact) mass is 222 g/mol. The van der Waals surface area contributed by atoms with E-state index in [0.717, 1.165) is 24.9 Å². The molecule has 0 aromatic heterocycles. The molecule has 1 fully saturated rings. The van der Waals surface area contributed by atoms with Crippen molar-refractivity contribution in [2.24, 2.45) is 0 Å². The average molecular weight is 222 g/mol. The topological polar surface area (TPSA) is 27.0 Å². The summed E-state index contributed by atoms with van der Waals surface area (Å²) in [4.78, 5) is 2.67. The Bertz CT molecular complexity index is 209. The summed E-state index contributed by atoms with van der Waals surface area (Å²) < 4.78 is 0. The summed E-state index contributed by atoms with van der Waals surface area (Å²) in [6, 6.07) is 3.77. The third kappa shape index (κ3) is 4.53. The molecule has 92 valence electrons. The van der Waals surface area contributed by atoms with Crippen molar-refractivity contribution in [2.45, 2.75) is 77.3 Å². The third-order valence-electron chi connectivity index (χ3n) is 3.83. The van der Waals surface area contributed by atoms with Crippen LogP contribution in [0.5, 0.6) is 0 Å². The van der Waals surface area contributed by atoms with Gasteiger partial charge in [-0.05, 0) is 46.1 Å². The molecule has 2 heteroatoms. The minimum atomic E-state index is 0.733. The van der Waals surface area contributed by atoms with Gasteiger partial charge in [-0.15, -0.1) is 0 Å². The lowest BCUT2D eigenvalue weighted by Crippen LogP contribution is -2.44. The van der Waals surface area contributed by atoms with Crippen LogP contribution in [0.15, 0.2) is 0 Å². The zero-order valence-corrected chi connectivity index (χ0v) is 10.9. The lowest BCUT2D eigenvalue weighted by Gasteiger charge is -2.39. The fraction of sp³-hybridized carbons (Fsp3) is 0.929. The first-order chi connectivity index (χ1) is 7.75. The van der Waals surface area contributed by atoms with Crippen molar-refractivity contribution in [3.63, 3.8) is 0 Å². The van der Waals surface area contributed by atoms with E-state index in [4.69, 9.17) is 5.26 Å². The van der Waals surface area contributed by atoms with Crippen LogP contribution >= 0.6 is 0 Å². The fourth-order valence-electron chi connectivity index (χ4n) is 2.77. The van der Waals surface area contributed by atoms with Gasteiger partial charge in [-0.3, -0.25) is 4.90 Å². The summed E-state index contributed by atoms with van der Waals surface area (Å²) >= 11 is 0. The highest BCUT2D eigenvalue weighted by Crippen LogP contribution is 2.22. The van der Waals surface area contributed by atoms with E-state index in [1.54, 1.807) is 0 Å². The number of rotatable bonds is 6. The maximum atomic E-state index is 8.44. The lowest BCUT2D eigenvalue weighted by molar-refractivity contribution is 0.101. The van der Waals surface area contributed by atoms with E-state index in [1.165, 1.54) is 45.1 Å². The fourth-order valence-corrected chi connectivity index (χ4v) is 2.77. The van der Waals surface area contributed by atoms with Crippen LogP contribution in [0.1, 0.15) is 65.2 Å². The Morgan fingerprint density at radius 1 is 1.06 bits per heavy atom. The van der Waals surface area contributed by atoms with Gasteiger partial charge < -0.3 is 0 Å². The Hall–Kier alpha value is -0.550. The smallest absolute Gasteiger partial charge is 0.0621 e. The molecule has 1 rings (SSSR count). The van der Waals surface area contributed by atoms with Crippen LogP contribution in [0, 0.1) is 11.3 Å². The molecular formula is C14H26N2. The number of nitriles is 1. The molecule has 0 amide bonds. The Morgan fingerprint density at radius 3 is 2.31 bits per heavy atom. The number of likely N-dealkylation sites (tertiary alicyclic amines) is 1. The highest BCUT2D eigenvalue weighted by atomic mass is 15.2. The van der Waals surface area contributed by atoms with Gasteiger partial charge in [0.15, 0.2) is 0 Å². The van der Waals surface area contributed by atoms with Crippen molar-refractivity contribution in [1.29, 1.82) is 5.26 Å². The van der Waals surface area contributed by atoms with E-state index < -0.39 is 0 Å². The molecule has 0 aromatic carbocycles. The van der Waals surface area contributed by atoms with Crippen LogP contribution in [0.25, 0.3) is 0 Å². The molecule has 0 radical (unpaired) electrons. The van der Waals surface area contributed by atoms with E-state index in [0.29, 0.717) is 0 Å². The van der Waals surface area contributed by atoms with Crippen LogP contribution in [0.2, 0.25) is 0 Å². The molecule has 1 aliphatic heterocycles. The van der Waals surface area contributed by atoms with Crippen LogP contribution in [-0.4, -0.2) is 23.5 Å². The van der Waals surface area contributed by atoms with Gasteiger partial charge in [-0.2, -0.15) is 5.26 Å². The van der Waals surface area contributed by atoms with Crippen LogP contribution in [0.3, 0.4) is 0 Å². The van der Waals surface area contributed by atoms with Crippen LogP contribution < -0.4 is 0 Å². The largest absolute Gasteiger partial charge is 0.298 e. The zero-order chi connectivity index (χ0) is 11.8. The minimum Gasteiger partial charge on any atom is -0.298 e. The van der Waals surface area contributed by atoms with Crippen LogP contribution in [-0.2, 0) is 0 Å². The maximum absolute atomic E-state index is 8.44. The molecule has 0 N–H and O–H groups in total. The second kappa shape index (κ2) is 7.68. The average Bonchev–Trinajstić information content (AvgIpc) is 2.26. The molecule has 1 heterocycles. The van der Waals surface area contributed by atoms with Gasteiger partial charge in [-0.1, -0.05) is 19.3 Å². The maximum Gasteiger partial charge on any atom is 0.0621 e. The summed E-state index contributed by atoms with van der Waals surface area (Å²) in [7, 11) is 0. The first-order valence-corrected chi connectivity index (χ1v) is 6.88. The molecule has 0 aliphatic carbocycles. The molecule has 2 nitrogen and oxygen atoms in total. The first kappa shape index (κ1) is 13.5. The van der Waals surface area contributed by atoms with Gasteiger partial charge in [0, 0.05) is 18.5 Å². The number of hydrogen-bond donors (Lipinski definition) is 0. The Balaban J connectivity index is 2.09. The van der Waals surface area contributed by atoms with Gasteiger partial charge in [0.25, 0.3) is 0 Å². The molecule has 0 spiro atoms. The second-order valence-corrected chi connectivity index (χ2v) is 5.19. The molecule has 0 unspecified atom stereocenters. The summed E-state index contributed by atoms with van der Waals surface area (Å²) in [6.45, 7) is 5.99. The van der Waals surface area contributed by atoms with Gasteiger partial charge >= 0.3 is 0 Å². The third-order valence-corrected chi connectivity index (χ3v) is 3.83. The highest BCUT2D eigenvalue weighted by Gasteiger charge is 2.23. The summed E-state index contributed by atoms with van der Waals surface area (Å²) in [5.74, 6) is 0. The van der Waals surface area contributed by atoms with Crippen molar-refractivity contribution in [1.82, 2.24) is 4.90 Å². The number of piperidine rings is 1. The molecule has 1 aliphatic rings. The minimum absolute atomic E-state index is 0.733. The number of hydrogen-bond acceptors (Lipinski definition) is 2. The SMILES string of the molecule is C[C@@H]1CCC[C@H](C)N1CCCCCCC#N. The van der Waals surface area contributed by atoms with Gasteiger partial charge in [0.1, 0.15) is 0 Å². The molecular weight excluding hydrogens is 196 g/mol. The first-order valence-electron chi connectivity index (χ1n) is 6.88. The van der Waals surface area contributed by atoms with Gasteiger partial charge in [-0.25, -0.2) is 0 Å². The van der Waals surface area contributed by atoms with Crippen molar-refractivity contribution in [3.8, 4) is 6.07 Å². The van der Waals surface area contributed by atoms with Crippen molar-refractivity contribution in [3.05, 3.63) is 0 Å². The predicted octanol–water partition coefficient (Wildman–Crippen LogP) is 3.72. The molecule has 0 bridgehead atoms. The number of nitrogens with zero attached hydrogens (tertiary/aromatic N) is 2. The van der Waals surface area contributed by atoms with Gasteiger partial charge in [0.05, 0.1) is 6.07 Å². The van der Waals surface area contributed by atoms with E-state index >= 15 is 0 Å². The molecule has 16 heavy (non-hydrogen) atoms. The van der Waals surface area contributed by atoms with Crippen molar-refractivity contribution >= 4 is 0 Å². The van der Waals surface area contributed by atoms with Crippen molar-refractivity contribution < 1.29 is 0 Å². The van der Waals surface area contributed by atoms with E-state index in [-0.39, 0.29) is 0 Å². The zero-order valence-electron chi connectivity index (χ0n) is 10.9. The molecule has 0 aromatic rings. The van der Waals surface area contributed by atoms with E-state index in [1.807, 2.05) is 0 Å². The Kier molecular flexibility index (Phi) is 6.49. The quantitative estimate of drug-likeness (QED) is 0.640. The molecule has 0 saturated carbocycles. The predicted molar refractivity (Wildman–Crippen MR) is 68.2 cm³/mol. The Labute approximate surface area is 101 Å². The summed E-state index contributed by atoms with van der Waals surface area (Å²) in [5.41, 5.74) is 0. The summed E-state index contributed by atoms with van der Waals surface area (Å²) in [6.07, 6.45) is 9.79. The lowest BCUT2D eigenvalue weighted by atomic mass is 9.97. The number of unbranched alkanes of at least 4 members (excludes halogenated alkanes) is 4.